The van der Waals surface area contributed by atoms with E-state index in [9.17, 15) is 27.9 Å². The molecule has 2 fully saturated rings. The van der Waals surface area contributed by atoms with Crippen LogP contribution in [-0.4, -0.2) is 28.5 Å². The maximum atomic E-state index is 13.0. The minimum absolute atomic E-state index is 0.0333. The minimum atomic E-state index is -4.63. The number of rotatable bonds is 5. The monoisotopic (exact) mass is 356 g/mol. The second kappa shape index (κ2) is 6.31. The van der Waals surface area contributed by atoms with Gasteiger partial charge in [0.1, 0.15) is 5.69 Å². The zero-order chi connectivity index (χ0) is 18.2. The third kappa shape index (κ3) is 3.77. The molecule has 0 saturated heterocycles. The van der Waals surface area contributed by atoms with Gasteiger partial charge in [-0.25, -0.2) is 4.98 Å². The number of alkyl halides is 3. The molecule has 1 aromatic heterocycles. The summed E-state index contributed by atoms with van der Waals surface area (Å²) in [5, 5.41) is 11.9. The molecular weight excluding hydrogens is 337 g/mol. The number of aromatic nitrogens is 1. The van der Waals surface area contributed by atoms with E-state index in [4.69, 9.17) is 0 Å². The summed E-state index contributed by atoms with van der Waals surface area (Å²) in [4.78, 5) is 27.5. The fraction of sp³-hybridized carbons (Fsp3) is 0.588. The molecule has 0 aromatic carbocycles. The number of aliphatic carboxylic acids is 1. The van der Waals surface area contributed by atoms with Crippen LogP contribution in [0.15, 0.2) is 12.1 Å². The Labute approximate surface area is 142 Å². The topological polar surface area (TPSA) is 79.3 Å². The molecule has 0 atom stereocenters. The highest BCUT2D eigenvalue weighted by molar-refractivity contribution is 5.94. The van der Waals surface area contributed by atoms with E-state index in [1.54, 1.807) is 0 Å². The van der Waals surface area contributed by atoms with E-state index in [1.807, 2.05) is 0 Å². The van der Waals surface area contributed by atoms with Crippen LogP contribution in [0, 0.1) is 5.41 Å². The Bertz CT molecular complexity index is 693. The molecule has 0 bridgehead atoms. The molecular formula is C17H19F3N2O3. The highest BCUT2D eigenvalue weighted by Crippen LogP contribution is 2.41. The van der Waals surface area contributed by atoms with Gasteiger partial charge in [-0.05, 0) is 37.8 Å². The average molecular weight is 356 g/mol. The highest BCUT2D eigenvalue weighted by atomic mass is 19.4. The lowest BCUT2D eigenvalue weighted by atomic mass is 9.86. The number of nitrogens with zero attached hydrogens (tertiary/aromatic N) is 1. The molecule has 136 valence electrons. The fourth-order valence-electron chi connectivity index (χ4n) is 3.29. The first-order chi connectivity index (χ1) is 11.7. The Morgan fingerprint density at radius 2 is 1.88 bits per heavy atom. The molecule has 2 aliphatic rings. The molecule has 5 nitrogen and oxygen atoms in total. The quantitative estimate of drug-likeness (QED) is 0.848. The Hall–Kier alpha value is -2.12. The zero-order valence-corrected chi connectivity index (χ0v) is 13.5. The second-order valence-electron chi connectivity index (χ2n) is 6.91. The van der Waals surface area contributed by atoms with Crippen LogP contribution in [-0.2, 0) is 11.0 Å². The molecule has 2 saturated carbocycles. The molecule has 0 spiro atoms. The smallest absolute Gasteiger partial charge is 0.433 e. The predicted molar refractivity (Wildman–Crippen MR) is 82.1 cm³/mol. The number of hydrogen-bond acceptors (Lipinski definition) is 3. The number of halogens is 3. The van der Waals surface area contributed by atoms with E-state index in [2.05, 4.69) is 10.3 Å². The van der Waals surface area contributed by atoms with Crippen molar-refractivity contribution in [1.29, 1.82) is 0 Å². The normalized spacial score (nSPS) is 19.6. The number of amides is 1. The first-order valence-corrected chi connectivity index (χ1v) is 8.32. The Balaban J connectivity index is 1.79. The largest absolute Gasteiger partial charge is 0.481 e. The van der Waals surface area contributed by atoms with E-state index >= 15 is 0 Å². The molecule has 2 aliphatic carbocycles. The molecule has 1 amide bonds. The van der Waals surface area contributed by atoms with E-state index in [0.717, 1.165) is 31.7 Å². The second-order valence-corrected chi connectivity index (χ2v) is 6.91. The van der Waals surface area contributed by atoms with Gasteiger partial charge in [-0.1, -0.05) is 12.8 Å². The van der Waals surface area contributed by atoms with E-state index in [0.29, 0.717) is 12.8 Å². The van der Waals surface area contributed by atoms with Crippen molar-refractivity contribution in [2.45, 2.75) is 50.6 Å². The van der Waals surface area contributed by atoms with Crippen molar-refractivity contribution in [3.05, 3.63) is 29.1 Å². The maximum absolute atomic E-state index is 13.0. The van der Waals surface area contributed by atoms with Crippen molar-refractivity contribution in [2.24, 2.45) is 5.41 Å². The lowest BCUT2D eigenvalue weighted by Gasteiger charge is -2.24. The van der Waals surface area contributed by atoms with Gasteiger partial charge >= 0.3 is 12.1 Å². The number of nitrogens with one attached hydrogen (secondary N) is 1. The lowest BCUT2D eigenvalue weighted by Crippen LogP contribution is -2.41. The van der Waals surface area contributed by atoms with Crippen molar-refractivity contribution in [3.8, 4) is 0 Å². The number of carboxylic acids is 1. The summed E-state index contributed by atoms with van der Waals surface area (Å²) in [6.07, 6.45) is -0.661. The number of carboxylic acid groups (broad SMARTS) is 1. The molecule has 0 radical (unpaired) electrons. The van der Waals surface area contributed by atoms with E-state index in [1.165, 1.54) is 6.07 Å². The zero-order valence-electron chi connectivity index (χ0n) is 13.5. The van der Waals surface area contributed by atoms with Crippen molar-refractivity contribution < 1.29 is 27.9 Å². The van der Waals surface area contributed by atoms with Gasteiger partial charge in [0, 0.05) is 23.7 Å². The van der Waals surface area contributed by atoms with Gasteiger partial charge in [0.05, 0.1) is 5.41 Å². The van der Waals surface area contributed by atoms with Crippen molar-refractivity contribution in [2.75, 3.05) is 6.54 Å². The molecule has 2 N–H and O–H groups in total. The number of hydrogen-bond donors (Lipinski definition) is 2. The third-order valence-electron chi connectivity index (χ3n) is 5.00. The Morgan fingerprint density at radius 3 is 2.40 bits per heavy atom. The Kier molecular flexibility index (Phi) is 4.47. The summed E-state index contributed by atoms with van der Waals surface area (Å²) in [5.41, 5.74) is -1.96. The lowest BCUT2D eigenvalue weighted by molar-refractivity contribution is -0.148. The van der Waals surface area contributed by atoms with Crippen molar-refractivity contribution >= 4 is 11.9 Å². The SMILES string of the molecule is O=C(NCC1(C(=O)O)CCCC1)c1cc(C2CC2)nc(C(F)(F)F)c1. The average Bonchev–Trinajstić information content (AvgIpc) is 3.29. The molecule has 0 aliphatic heterocycles. The first-order valence-electron chi connectivity index (χ1n) is 8.32. The van der Waals surface area contributed by atoms with Gasteiger partial charge < -0.3 is 10.4 Å². The van der Waals surface area contributed by atoms with Crippen LogP contribution in [0.3, 0.4) is 0 Å². The summed E-state index contributed by atoms with van der Waals surface area (Å²) in [6.45, 7) is -0.0798. The number of carbonyl (C=O) groups excluding carboxylic acids is 1. The predicted octanol–water partition coefficient (Wildman–Crippen LogP) is 3.35. The summed E-state index contributed by atoms with van der Waals surface area (Å²) < 4.78 is 39.1. The van der Waals surface area contributed by atoms with Crippen LogP contribution in [0.5, 0.6) is 0 Å². The van der Waals surface area contributed by atoms with Gasteiger partial charge in [-0.15, -0.1) is 0 Å². The van der Waals surface area contributed by atoms with Crippen LogP contribution in [0.2, 0.25) is 0 Å². The molecule has 1 aromatic rings. The van der Waals surface area contributed by atoms with Gasteiger partial charge in [0.2, 0.25) is 0 Å². The summed E-state index contributed by atoms with van der Waals surface area (Å²) in [6, 6.07) is 2.10. The van der Waals surface area contributed by atoms with E-state index < -0.39 is 29.2 Å². The van der Waals surface area contributed by atoms with Gasteiger partial charge in [0.25, 0.3) is 5.91 Å². The summed E-state index contributed by atoms with van der Waals surface area (Å²) in [7, 11) is 0. The standard InChI is InChI=1S/C17H19F3N2O3/c18-17(19,20)13-8-11(7-12(22-13)10-3-4-10)14(23)21-9-16(15(24)25)5-1-2-6-16/h7-8,10H,1-6,9H2,(H,21,23)(H,24,25). The minimum Gasteiger partial charge on any atom is -0.481 e. The molecule has 0 unspecified atom stereocenters. The fourth-order valence-corrected chi connectivity index (χ4v) is 3.29. The molecule has 8 heteroatoms. The maximum Gasteiger partial charge on any atom is 0.433 e. The number of carbonyl (C=O) groups is 2. The first kappa shape index (κ1) is 17.7. The summed E-state index contributed by atoms with van der Waals surface area (Å²) >= 11 is 0. The summed E-state index contributed by atoms with van der Waals surface area (Å²) in [5.74, 6) is -1.70. The van der Waals surface area contributed by atoms with Gasteiger partial charge in [-0.3, -0.25) is 9.59 Å². The molecule has 3 rings (SSSR count). The Morgan fingerprint density at radius 1 is 1.24 bits per heavy atom. The van der Waals surface area contributed by atoms with Gasteiger partial charge in [-0.2, -0.15) is 13.2 Å². The van der Waals surface area contributed by atoms with Crippen LogP contribution < -0.4 is 5.32 Å². The van der Waals surface area contributed by atoms with Gasteiger partial charge in [0.15, 0.2) is 0 Å². The van der Waals surface area contributed by atoms with Crippen molar-refractivity contribution in [3.63, 3.8) is 0 Å². The van der Waals surface area contributed by atoms with Crippen LogP contribution in [0.4, 0.5) is 13.2 Å². The van der Waals surface area contributed by atoms with Crippen LogP contribution in [0.25, 0.3) is 0 Å². The van der Waals surface area contributed by atoms with Crippen molar-refractivity contribution in [1.82, 2.24) is 10.3 Å². The molecule has 25 heavy (non-hydrogen) atoms. The third-order valence-corrected chi connectivity index (χ3v) is 5.00. The van der Waals surface area contributed by atoms with Crippen LogP contribution >= 0.6 is 0 Å². The number of pyridine rings is 1. The van der Waals surface area contributed by atoms with Crippen LogP contribution in [0.1, 0.15) is 66.2 Å². The highest BCUT2D eigenvalue weighted by Gasteiger charge is 2.42. The van der Waals surface area contributed by atoms with E-state index in [-0.39, 0.29) is 23.7 Å². The molecule has 1 heterocycles.